The Morgan fingerprint density at radius 2 is 2.12 bits per heavy atom. The lowest BCUT2D eigenvalue weighted by Gasteiger charge is -2.41. The number of rotatable bonds is 1. The molecule has 0 aromatic heterocycles. The molecule has 48 valence electrons. The van der Waals surface area contributed by atoms with Gasteiger partial charge in [-0.15, -0.1) is 0 Å². The molecule has 0 unspecified atom stereocenters. The van der Waals surface area contributed by atoms with Gasteiger partial charge in [0.2, 0.25) is 0 Å². The van der Waals surface area contributed by atoms with Gasteiger partial charge in [-0.3, -0.25) is 4.90 Å². The van der Waals surface area contributed by atoms with Gasteiger partial charge in [-0.25, -0.2) is 0 Å². The third-order valence-electron chi connectivity index (χ3n) is 2.03. The predicted octanol–water partition coefficient (Wildman–Crippen LogP) is 1.49. The van der Waals surface area contributed by atoms with Crippen LogP contribution in [-0.2, 0) is 0 Å². The lowest BCUT2D eigenvalue weighted by atomic mass is 10.0. The van der Waals surface area contributed by atoms with Gasteiger partial charge in [0.1, 0.15) is 0 Å². The van der Waals surface area contributed by atoms with Crippen LogP contribution >= 0.6 is 0 Å². The largest absolute Gasteiger partial charge is 0.298 e. The summed E-state index contributed by atoms with van der Waals surface area (Å²) in [5.74, 6) is 0. The van der Waals surface area contributed by atoms with Crippen LogP contribution in [0.4, 0.5) is 0 Å². The molecule has 1 heterocycles. The van der Waals surface area contributed by atoms with E-state index >= 15 is 0 Å². The Labute approximate surface area is 51.7 Å². The Hall–Kier alpha value is -0.0400. The highest BCUT2D eigenvalue weighted by Gasteiger charge is 2.24. The molecule has 0 aromatic carbocycles. The first-order valence-corrected chi connectivity index (χ1v) is 3.47. The summed E-state index contributed by atoms with van der Waals surface area (Å²) in [6.45, 7) is 8.13. The van der Waals surface area contributed by atoms with E-state index in [-0.39, 0.29) is 0 Å². The fraction of sp³-hybridized carbons (Fsp3) is 1.00. The van der Waals surface area contributed by atoms with Gasteiger partial charge in [-0.1, -0.05) is 0 Å². The molecule has 1 fully saturated rings. The molecule has 1 saturated heterocycles. The zero-order valence-electron chi connectivity index (χ0n) is 6.02. The molecule has 0 bridgehead atoms. The quantitative estimate of drug-likeness (QED) is 0.498. The Kier molecular flexibility index (Phi) is 1.57. The second kappa shape index (κ2) is 2.06. The van der Waals surface area contributed by atoms with E-state index in [1.54, 1.807) is 0 Å². The van der Waals surface area contributed by atoms with E-state index in [2.05, 4.69) is 25.7 Å². The Morgan fingerprint density at radius 1 is 1.50 bits per heavy atom. The number of nitrogens with zero attached hydrogens (tertiary/aromatic N) is 1. The summed E-state index contributed by atoms with van der Waals surface area (Å²) in [5, 5.41) is 0. The van der Waals surface area contributed by atoms with E-state index in [0.29, 0.717) is 0 Å². The monoisotopic (exact) mass is 113 g/mol. The minimum Gasteiger partial charge on any atom is -0.298 e. The molecule has 1 heteroatoms. The van der Waals surface area contributed by atoms with Crippen molar-refractivity contribution < 1.29 is 0 Å². The summed E-state index contributed by atoms with van der Waals surface area (Å²) in [5.41, 5.74) is 0. The maximum atomic E-state index is 2.51. The van der Waals surface area contributed by atoms with Crippen LogP contribution in [0.25, 0.3) is 0 Å². The molecule has 0 saturated carbocycles. The van der Waals surface area contributed by atoms with Crippen molar-refractivity contribution in [2.75, 3.05) is 6.54 Å². The van der Waals surface area contributed by atoms with Crippen molar-refractivity contribution in [2.45, 2.75) is 39.3 Å². The standard InChI is InChI=1S/C7H15N/c1-6(2)8-5-4-7(8)3/h6-7H,4-5H2,1-3H3/t7-/m1/s1. The Morgan fingerprint density at radius 3 is 2.12 bits per heavy atom. The first-order chi connectivity index (χ1) is 3.72. The fourth-order valence-electron chi connectivity index (χ4n) is 1.30. The van der Waals surface area contributed by atoms with Crippen LogP contribution in [0.3, 0.4) is 0 Å². The molecule has 1 aliphatic rings. The highest BCUT2D eigenvalue weighted by atomic mass is 15.2. The summed E-state index contributed by atoms with van der Waals surface area (Å²) in [6.07, 6.45) is 1.40. The molecule has 1 rings (SSSR count). The maximum absolute atomic E-state index is 2.51. The molecule has 0 N–H and O–H groups in total. The molecule has 0 amide bonds. The molecular formula is C7H15N. The molecular weight excluding hydrogens is 98.1 g/mol. The van der Waals surface area contributed by atoms with Gasteiger partial charge in [0, 0.05) is 18.6 Å². The lowest BCUT2D eigenvalue weighted by Crippen LogP contribution is -2.49. The van der Waals surface area contributed by atoms with Crippen LogP contribution in [0.2, 0.25) is 0 Å². The SMILES string of the molecule is CC(C)N1CC[C@H]1C. The van der Waals surface area contributed by atoms with Gasteiger partial charge in [0.05, 0.1) is 0 Å². The van der Waals surface area contributed by atoms with E-state index in [1.165, 1.54) is 13.0 Å². The minimum atomic E-state index is 0.763. The lowest BCUT2D eigenvalue weighted by molar-refractivity contribution is 0.0693. The van der Waals surface area contributed by atoms with Crippen molar-refractivity contribution in [2.24, 2.45) is 0 Å². The van der Waals surface area contributed by atoms with Crippen LogP contribution in [0.1, 0.15) is 27.2 Å². The average Bonchev–Trinajstić information content (AvgIpc) is 1.61. The summed E-state index contributed by atoms with van der Waals surface area (Å²) < 4.78 is 0. The van der Waals surface area contributed by atoms with E-state index in [0.717, 1.165) is 12.1 Å². The second-order valence-corrected chi connectivity index (χ2v) is 2.97. The van der Waals surface area contributed by atoms with E-state index in [4.69, 9.17) is 0 Å². The minimum absolute atomic E-state index is 0.763. The van der Waals surface area contributed by atoms with E-state index < -0.39 is 0 Å². The number of likely N-dealkylation sites (tertiary alicyclic amines) is 1. The third-order valence-corrected chi connectivity index (χ3v) is 2.03. The molecule has 1 atom stereocenters. The van der Waals surface area contributed by atoms with Crippen molar-refractivity contribution >= 4 is 0 Å². The van der Waals surface area contributed by atoms with Gasteiger partial charge in [0.25, 0.3) is 0 Å². The summed E-state index contributed by atoms with van der Waals surface area (Å²) in [4.78, 5) is 2.51. The van der Waals surface area contributed by atoms with Crippen molar-refractivity contribution in [1.82, 2.24) is 4.90 Å². The predicted molar refractivity (Wildman–Crippen MR) is 35.9 cm³/mol. The van der Waals surface area contributed by atoms with Gasteiger partial charge in [-0.2, -0.15) is 0 Å². The first-order valence-electron chi connectivity index (χ1n) is 3.47. The molecule has 0 spiro atoms. The van der Waals surface area contributed by atoms with Crippen LogP contribution in [0.5, 0.6) is 0 Å². The summed E-state index contributed by atoms with van der Waals surface area (Å²) in [6, 6.07) is 1.62. The molecule has 8 heavy (non-hydrogen) atoms. The smallest absolute Gasteiger partial charge is 0.00818 e. The van der Waals surface area contributed by atoms with Crippen LogP contribution in [-0.4, -0.2) is 23.5 Å². The second-order valence-electron chi connectivity index (χ2n) is 2.97. The van der Waals surface area contributed by atoms with Crippen molar-refractivity contribution in [3.8, 4) is 0 Å². The highest BCUT2D eigenvalue weighted by Crippen LogP contribution is 2.18. The van der Waals surface area contributed by atoms with Crippen molar-refractivity contribution in [1.29, 1.82) is 0 Å². The van der Waals surface area contributed by atoms with Gasteiger partial charge in [-0.05, 0) is 27.2 Å². The topological polar surface area (TPSA) is 3.24 Å². The Bertz CT molecular complexity index is 73.7. The zero-order valence-corrected chi connectivity index (χ0v) is 6.02. The van der Waals surface area contributed by atoms with Crippen molar-refractivity contribution in [3.63, 3.8) is 0 Å². The van der Waals surface area contributed by atoms with Gasteiger partial charge >= 0.3 is 0 Å². The fourth-order valence-corrected chi connectivity index (χ4v) is 1.30. The molecule has 1 aliphatic heterocycles. The van der Waals surface area contributed by atoms with Crippen LogP contribution in [0, 0.1) is 0 Å². The molecule has 1 nitrogen and oxygen atoms in total. The van der Waals surface area contributed by atoms with E-state index in [9.17, 15) is 0 Å². The average molecular weight is 113 g/mol. The molecule has 0 radical (unpaired) electrons. The number of hydrogen-bond acceptors (Lipinski definition) is 1. The molecule has 0 aliphatic carbocycles. The molecule has 0 aromatic rings. The first kappa shape index (κ1) is 6.09. The normalized spacial score (nSPS) is 30.8. The van der Waals surface area contributed by atoms with Crippen molar-refractivity contribution in [3.05, 3.63) is 0 Å². The van der Waals surface area contributed by atoms with E-state index in [1.807, 2.05) is 0 Å². The summed E-state index contributed by atoms with van der Waals surface area (Å²) >= 11 is 0. The van der Waals surface area contributed by atoms with Crippen LogP contribution < -0.4 is 0 Å². The zero-order chi connectivity index (χ0) is 6.15. The Balaban J connectivity index is 2.26. The van der Waals surface area contributed by atoms with Gasteiger partial charge in [0.15, 0.2) is 0 Å². The van der Waals surface area contributed by atoms with Gasteiger partial charge < -0.3 is 0 Å². The maximum Gasteiger partial charge on any atom is 0.00818 e. The third kappa shape index (κ3) is 0.873. The number of hydrogen-bond donors (Lipinski definition) is 0. The summed E-state index contributed by atoms with van der Waals surface area (Å²) in [7, 11) is 0. The van der Waals surface area contributed by atoms with Crippen LogP contribution in [0.15, 0.2) is 0 Å². The highest BCUT2D eigenvalue weighted by molar-refractivity contribution is 4.80.